The normalized spacial score (nSPS) is 11.9. The number of urea groups is 1. The van der Waals surface area contributed by atoms with Gasteiger partial charge in [0.15, 0.2) is 0 Å². The maximum atomic E-state index is 11.4. The summed E-state index contributed by atoms with van der Waals surface area (Å²) >= 11 is 5.86. The average Bonchev–Trinajstić information content (AvgIpc) is 2.28. The first-order valence-electron chi connectivity index (χ1n) is 6.02. The zero-order valence-corrected chi connectivity index (χ0v) is 11.2. The molecule has 0 bridgehead atoms. The summed E-state index contributed by atoms with van der Waals surface area (Å²) in [5.41, 5.74) is 1.09. The van der Waals surface area contributed by atoms with Crippen LogP contribution in [-0.2, 0) is 6.42 Å². The minimum absolute atomic E-state index is 0.210. The summed E-state index contributed by atoms with van der Waals surface area (Å²) in [6.07, 6.45) is 0.906. The molecule has 0 aliphatic rings. The standard InChI is InChI=1S/C13H19ClN2O2/c1-10(17)5-7-15-13(18)16-8-6-11-3-2-4-12(14)9-11/h2-4,9-10,17H,5-8H2,1H3,(H2,15,16,18). The predicted molar refractivity (Wildman–Crippen MR) is 72.9 cm³/mol. The number of amides is 2. The van der Waals surface area contributed by atoms with Crippen LogP contribution in [0.3, 0.4) is 0 Å². The Hall–Kier alpha value is -1.26. The van der Waals surface area contributed by atoms with Crippen LogP contribution in [0.1, 0.15) is 18.9 Å². The van der Waals surface area contributed by atoms with Crippen LogP contribution in [0.5, 0.6) is 0 Å². The molecule has 0 spiro atoms. The summed E-state index contributed by atoms with van der Waals surface area (Å²) in [7, 11) is 0. The highest BCUT2D eigenvalue weighted by atomic mass is 35.5. The molecule has 4 nitrogen and oxygen atoms in total. The van der Waals surface area contributed by atoms with Gasteiger partial charge in [-0.2, -0.15) is 0 Å². The zero-order valence-electron chi connectivity index (χ0n) is 10.4. The van der Waals surface area contributed by atoms with Crippen LogP contribution in [0.2, 0.25) is 5.02 Å². The quantitative estimate of drug-likeness (QED) is 0.740. The maximum Gasteiger partial charge on any atom is 0.314 e. The first kappa shape index (κ1) is 14.8. The van der Waals surface area contributed by atoms with Crippen molar-refractivity contribution < 1.29 is 9.90 Å². The lowest BCUT2D eigenvalue weighted by atomic mass is 10.1. The predicted octanol–water partition coefficient (Wildman–Crippen LogP) is 1.95. The Morgan fingerprint density at radius 3 is 2.78 bits per heavy atom. The number of halogens is 1. The largest absolute Gasteiger partial charge is 0.393 e. The van der Waals surface area contributed by atoms with Crippen LogP contribution in [0.15, 0.2) is 24.3 Å². The number of hydrogen-bond acceptors (Lipinski definition) is 2. The van der Waals surface area contributed by atoms with Crippen LogP contribution >= 0.6 is 11.6 Å². The number of benzene rings is 1. The third-order valence-electron chi connectivity index (χ3n) is 2.44. The molecule has 1 aromatic rings. The second-order valence-electron chi connectivity index (χ2n) is 4.20. The SMILES string of the molecule is CC(O)CCNC(=O)NCCc1cccc(Cl)c1. The summed E-state index contributed by atoms with van der Waals surface area (Å²) in [6.45, 7) is 2.72. The fourth-order valence-electron chi connectivity index (χ4n) is 1.47. The smallest absolute Gasteiger partial charge is 0.314 e. The van der Waals surface area contributed by atoms with Gasteiger partial charge in [0.1, 0.15) is 0 Å². The number of nitrogens with one attached hydrogen (secondary N) is 2. The molecule has 5 heteroatoms. The molecule has 18 heavy (non-hydrogen) atoms. The van der Waals surface area contributed by atoms with Gasteiger partial charge in [0.2, 0.25) is 0 Å². The molecule has 1 atom stereocenters. The van der Waals surface area contributed by atoms with Gasteiger partial charge in [-0.25, -0.2) is 4.79 Å². The van der Waals surface area contributed by atoms with Crippen molar-refractivity contribution in [3.8, 4) is 0 Å². The van der Waals surface area contributed by atoms with Crippen molar-refractivity contribution in [2.75, 3.05) is 13.1 Å². The first-order chi connectivity index (χ1) is 8.58. The number of carbonyl (C=O) groups excluding carboxylic acids is 1. The van der Waals surface area contributed by atoms with Gasteiger partial charge in [0, 0.05) is 18.1 Å². The minimum Gasteiger partial charge on any atom is -0.393 e. The lowest BCUT2D eigenvalue weighted by molar-refractivity contribution is 0.183. The Balaban J connectivity index is 2.15. The maximum absolute atomic E-state index is 11.4. The van der Waals surface area contributed by atoms with E-state index in [4.69, 9.17) is 16.7 Å². The molecule has 0 saturated heterocycles. The Labute approximate surface area is 112 Å². The van der Waals surface area contributed by atoms with E-state index >= 15 is 0 Å². The second-order valence-corrected chi connectivity index (χ2v) is 4.64. The lowest BCUT2D eigenvalue weighted by Crippen LogP contribution is -2.37. The molecule has 3 N–H and O–H groups in total. The van der Waals surface area contributed by atoms with Crippen LogP contribution in [0.4, 0.5) is 4.79 Å². The second kappa shape index (κ2) is 7.95. The Morgan fingerprint density at radius 1 is 1.39 bits per heavy atom. The minimum atomic E-state index is -0.392. The number of aliphatic hydroxyl groups is 1. The number of carbonyl (C=O) groups is 1. The van der Waals surface area contributed by atoms with Crippen molar-refractivity contribution in [1.29, 1.82) is 0 Å². The van der Waals surface area contributed by atoms with E-state index in [1.807, 2.05) is 24.3 Å². The van der Waals surface area contributed by atoms with E-state index in [0.29, 0.717) is 24.5 Å². The van der Waals surface area contributed by atoms with Gasteiger partial charge in [0.25, 0.3) is 0 Å². The van der Waals surface area contributed by atoms with Crippen LogP contribution in [0.25, 0.3) is 0 Å². The highest BCUT2D eigenvalue weighted by molar-refractivity contribution is 6.30. The summed E-state index contributed by atoms with van der Waals surface area (Å²) in [6, 6.07) is 7.35. The van der Waals surface area contributed by atoms with E-state index in [2.05, 4.69) is 10.6 Å². The van der Waals surface area contributed by atoms with E-state index in [1.54, 1.807) is 6.92 Å². The Morgan fingerprint density at radius 2 is 2.11 bits per heavy atom. The Kier molecular flexibility index (Phi) is 6.54. The van der Waals surface area contributed by atoms with Gasteiger partial charge in [-0.05, 0) is 37.5 Å². The lowest BCUT2D eigenvalue weighted by Gasteiger charge is -2.08. The highest BCUT2D eigenvalue weighted by Crippen LogP contribution is 2.10. The van der Waals surface area contributed by atoms with Gasteiger partial charge in [-0.15, -0.1) is 0 Å². The summed E-state index contributed by atoms with van der Waals surface area (Å²) in [4.78, 5) is 11.4. The molecule has 1 aromatic carbocycles. The number of hydrogen-bond donors (Lipinski definition) is 3. The molecular weight excluding hydrogens is 252 g/mol. The molecule has 0 saturated carbocycles. The zero-order chi connectivity index (χ0) is 13.4. The molecular formula is C13H19ClN2O2. The molecule has 0 aliphatic heterocycles. The van der Waals surface area contributed by atoms with Crippen molar-refractivity contribution in [3.63, 3.8) is 0 Å². The Bertz CT molecular complexity index is 383. The fourth-order valence-corrected chi connectivity index (χ4v) is 1.68. The fraction of sp³-hybridized carbons (Fsp3) is 0.462. The first-order valence-corrected chi connectivity index (χ1v) is 6.40. The molecule has 100 valence electrons. The van der Waals surface area contributed by atoms with Crippen LogP contribution in [-0.4, -0.2) is 30.3 Å². The third-order valence-corrected chi connectivity index (χ3v) is 2.67. The molecule has 1 unspecified atom stereocenters. The third kappa shape index (κ3) is 6.47. The molecule has 1 rings (SSSR count). The van der Waals surface area contributed by atoms with Crippen molar-refractivity contribution in [3.05, 3.63) is 34.9 Å². The summed E-state index contributed by atoms with van der Waals surface area (Å²) in [5.74, 6) is 0. The van der Waals surface area contributed by atoms with E-state index in [1.165, 1.54) is 0 Å². The molecule has 0 radical (unpaired) electrons. The van der Waals surface area contributed by atoms with Gasteiger partial charge in [0.05, 0.1) is 6.10 Å². The number of rotatable bonds is 6. The van der Waals surface area contributed by atoms with Gasteiger partial charge in [-0.3, -0.25) is 0 Å². The monoisotopic (exact) mass is 270 g/mol. The molecule has 2 amide bonds. The molecule has 0 fully saturated rings. The summed E-state index contributed by atoms with van der Waals surface area (Å²) in [5, 5.41) is 15.2. The van der Waals surface area contributed by atoms with E-state index in [-0.39, 0.29) is 6.03 Å². The van der Waals surface area contributed by atoms with Gasteiger partial charge in [-0.1, -0.05) is 23.7 Å². The van der Waals surface area contributed by atoms with Crippen LogP contribution < -0.4 is 10.6 Å². The van der Waals surface area contributed by atoms with Gasteiger partial charge >= 0.3 is 6.03 Å². The van der Waals surface area contributed by atoms with Crippen molar-refractivity contribution in [2.45, 2.75) is 25.9 Å². The molecule has 0 aromatic heterocycles. The van der Waals surface area contributed by atoms with E-state index in [0.717, 1.165) is 12.0 Å². The average molecular weight is 271 g/mol. The van der Waals surface area contributed by atoms with E-state index < -0.39 is 6.10 Å². The topological polar surface area (TPSA) is 61.4 Å². The molecule has 0 aliphatic carbocycles. The van der Waals surface area contributed by atoms with Crippen molar-refractivity contribution in [1.82, 2.24) is 10.6 Å². The van der Waals surface area contributed by atoms with E-state index in [9.17, 15) is 4.79 Å². The number of aliphatic hydroxyl groups excluding tert-OH is 1. The molecule has 0 heterocycles. The van der Waals surface area contributed by atoms with Crippen molar-refractivity contribution >= 4 is 17.6 Å². The van der Waals surface area contributed by atoms with Crippen molar-refractivity contribution in [2.24, 2.45) is 0 Å². The van der Waals surface area contributed by atoms with Crippen LogP contribution in [0, 0.1) is 0 Å². The van der Waals surface area contributed by atoms with Gasteiger partial charge < -0.3 is 15.7 Å². The summed E-state index contributed by atoms with van der Waals surface area (Å²) < 4.78 is 0. The highest BCUT2D eigenvalue weighted by Gasteiger charge is 2.01.